The Kier molecular flexibility index (Phi) is 4.52. The van der Waals surface area contributed by atoms with Gasteiger partial charge in [0.1, 0.15) is 17.1 Å². The van der Waals surface area contributed by atoms with Crippen LogP contribution < -0.4 is 16.8 Å². The zero-order valence-electron chi connectivity index (χ0n) is 17.1. The average molecular weight is 416 g/mol. The summed E-state index contributed by atoms with van der Waals surface area (Å²) in [5.41, 5.74) is 15.2. The zero-order chi connectivity index (χ0) is 21.6. The first kappa shape index (κ1) is 19.3. The van der Waals surface area contributed by atoms with Crippen LogP contribution in [-0.4, -0.2) is 38.6 Å². The third kappa shape index (κ3) is 3.25. The maximum absolute atomic E-state index is 12.2. The van der Waals surface area contributed by atoms with E-state index in [0.717, 1.165) is 37.9 Å². The molecular formula is C22H24N8O. The molecule has 1 aliphatic heterocycles. The number of nitrogens with zero attached hydrogens (tertiary/aromatic N) is 5. The molecule has 2 aliphatic rings. The lowest BCUT2D eigenvalue weighted by Gasteiger charge is -2.45. The van der Waals surface area contributed by atoms with Crippen LogP contribution in [0, 0.1) is 16.7 Å². The van der Waals surface area contributed by atoms with Crippen LogP contribution in [0.5, 0.6) is 0 Å². The summed E-state index contributed by atoms with van der Waals surface area (Å²) in [5, 5.41) is 21.8. The van der Waals surface area contributed by atoms with Crippen LogP contribution >= 0.6 is 0 Å². The Hall–Kier alpha value is -3.64. The smallest absolute Gasteiger partial charge is 0.254 e. The largest absolute Gasteiger partial charge is 0.383 e. The van der Waals surface area contributed by atoms with Crippen molar-refractivity contribution in [3.05, 3.63) is 53.3 Å². The fourth-order valence-electron chi connectivity index (χ4n) is 4.94. The zero-order valence-corrected chi connectivity index (χ0v) is 17.1. The Labute approximate surface area is 179 Å². The van der Waals surface area contributed by atoms with E-state index in [0.29, 0.717) is 34.6 Å². The fraction of sp³-hybridized carbons (Fsp3) is 0.364. The van der Waals surface area contributed by atoms with Crippen molar-refractivity contribution in [2.75, 3.05) is 18.8 Å². The third-order valence-electron chi connectivity index (χ3n) is 6.59. The highest BCUT2D eigenvalue weighted by Gasteiger charge is 2.48. The van der Waals surface area contributed by atoms with Gasteiger partial charge in [-0.15, -0.1) is 0 Å². The Morgan fingerprint density at radius 1 is 1.35 bits per heavy atom. The molecule has 1 saturated carbocycles. The lowest BCUT2D eigenvalue weighted by molar-refractivity contribution is 0.0774. The molecule has 9 nitrogen and oxygen atoms in total. The average Bonchev–Trinajstić information content (AvgIpc) is 3.45. The maximum atomic E-state index is 12.2. The van der Waals surface area contributed by atoms with E-state index in [4.69, 9.17) is 16.6 Å². The second kappa shape index (κ2) is 7.25. The molecule has 1 aromatic carbocycles. The van der Waals surface area contributed by atoms with Crippen molar-refractivity contribution in [1.82, 2.24) is 24.9 Å². The molecule has 3 heterocycles. The summed E-state index contributed by atoms with van der Waals surface area (Å²) in [6, 6.07) is 9.76. The van der Waals surface area contributed by atoms with Gasteiger partial charge >= 0.3 is 0 Å². The van der Waals surface area contributed by atoms with E-state index in [-0.39, 0.29) is 11.6 Å². The van der Waals surface area contributed by atoms with E-state index in [1.807, 2.05) is 18.2 Å². The minimum atomic E-state index is -0.599. The lowest BCUT2D eigenvalue weighted by atomic mass is 9.65. The number of benzene rings is 1. The van der Waals surface area contributed by atoms with Crippen molar-refractivity contribution in [1.29, 1.82) is 5.26 Å². The normalized spacial score (nSPS) is 22.4. The Bertz CT molecular complexity index is 1190. The number of aromatic nitrogens is 4. The minimum Gasteiger partial charge on any atom is -0.383 e. The number of nitrogens with one attached hydrogen (secondary N) is 1. The Morgan fingerprint density at radius 2 is 2.16 bits per heavy atom. The van der Waals surface area contributed by atoms with E-state index in [9.17, 15) is 10.1 Å². The van der Waals surface area contributed by atoms with Gasteiger partial charge in [-0.05, 0) is 42.9 Å². The van der Waals surface area contributed by atoms with Gasteiger partial charge in [-0.2, -0.15) is 15.5 Å². The van der Waals surface area contributed by atoms with Gasteiger partial charge in [-0.1, -0.05) is 18.2 Å². The molecule has 158 valence electrons. The standard InChI is InChI=1S/C22H24N8O/c23-9-14-3-1-2-4-15(14)11-29-12-16(10-27-29)19-18(21(25)31)20(24)30(28-19)17-7-22(8-17)5-6-26-13-22/h1-4,10,12,17,26H,5-8,11,13,24H2,(H2,25,31)/t17-,22-. The summed E-state index contributed by atoms with van der Waals surface area (Å²) < 4.78 is 3.48. The van der Waals surface area contributed by atoms with Crippen LogP contribution in [-0.2, 0) is 6.54 Å². The highest BCUT2D eigenvalue weighted by Crippen LogP contribution is 2.53. The molecule has 2 fully saturated rings. The Morgan fingerprint density at radius 3 is 2.87 bits per heavy atom. The summed E-state index contributed by atoms with van der Waals surface area (Å²) >= 11 is 0. The lowest BCUT2D eigenvalue weighted by Crippen LogP contribution is -2.40. The van der Waals surface area contributed by atoms with Crippen molar-refractivity contribution >= 4 is 11.7 Å². The third-order valence-corrected chi connectivity index (χ3v) is 6.59. The van der Waals surface area contributed by atoms with Gasteiger partial charge in [-0.25, -0.2) is 4.68 Å². The monoisotopic (exact) mass is 416 g/mol. The summed E-state index contributed by atoms with van der Waals surface area (Å²) in [6.07, 6.45) is 6.60. The number of nitrogens with two attached hydrogens (primary N) is 2. The van der Waals surface area contributed by atoms with Gasteiger partial charge in [0, 0.05) is 18.3 Å². The number of rotatable bonds is 5. The van der Waals surface area contributed by atoms with E-state index < -0.39 is 5.91 Å². The maximum Gasteiger partial charge on any atom is 0.254 e. The first-order chi connectivity index (χ1) is 15.0. The molecule has 1 spiro atoms. The van der Waals surface area contributed by atoms with Gasteiger partial charge in [-0.3, -0.25) is 9.48 Å². The van der Waals surface area contributed by atoms with E-state index in [2.05, 4.69) is 16.5 Å². The van der Waals surface area contributed by atoms with E-state index in [1.54, 1.807) is 27.8 Å². The molecule has 3 aromatic rings. The second-order valence-electron chi connectivity index (χ2n) is 8.60. The van der Waals surface area contributed by atoms with Crippen molar-refractivity contribution in [3.8, 4) is 17.3 Å². The molecule has 0 bridgehead atoms. The van der Waals surface area contributed by atoms with Crippen LogP contribution in [0.1, 0.15) is 46.8 Å². The molecule has 31 heavy (non-hydrogen) atoms. The molecule has 0 atom stereocenters. The van der Waals surface area contributed by atoms with Gasteiger partial charge in [0.15, 0.2) is 0 Å². The Balaban J connectivity index is 1.44. The molecule has 0 unspecified atom stereocenters. The van der Waals surface area contributed by atoms with Gasteiger partial charge in [0.05, 0.1) is 30.4 Å². The van der Waals surface area contributed by atoms with Crippen molar-refractivity contribution in [2.45, 2.75) is 31.8 Å². The molecular weight excluding hydrogens is 392 g/mol. The van der Waals surface area contributed by atoms with Gasteiger partial charge in [0.25, 0.3) is 5.91 Å². The summed E-state index contributed by atoms with van der Waals surface area (Å²) in [7, 11) is 0. The molecule has 0 radical (unpaired) electrons. The van der Waals surface area contributed by atoms with E-state index >= 15 is 0 Å². The number of anilines is 1. The summed E-state index contributed by atoms with van der Waals surface area (Å²) in [5.74, 6) is -0.284. The molecule has 1 saturated heterocycles. The number of nitriles is 1. The number of nitrogen functional groups attached to an aromatic ring is 1. The predicted octanol–water partition coefficient (Wildman–Crippen LogP) is 1.66. The van der Waals surface area contributed by atoms with Crippen molar-refractivity contribution in [2.24, 2.45) is 11.1 Å². The molecule has 1 aliphatic carbocycles. The van der Waals surface area contributed by atoms with Crippen LogP contribution in [0.25, 0.3) is 11.3 Å². The van der Waals surface area contributed by atoms with Crippen molar-refractivity contribution < 1.29 is 4.79 Å². The van der Waals surface area contributed by atoms with Crippen LogP contribution in [0.15, 0.2) is 36.7 Å². The number of carbonyl (C=O) groups is 1. The number of hydrogen-bond acceptors (Lipinski definition) is 6. The van der Waals surface area contributed by atoms with Crippen LogP contribution in [0.2, 0.25) is 0 Å². The first-order valence-corrected chi connectivity index (χ1v) is 10.4. The van der Waals surface area contributed by atoms with Crippen molar-refractivity contribution in [3.63, 3.8) is 0 Å². The number of carbonyl (C=O) groups excluding carboxylic acids is 1. The van der Waals surface area contributed by atoms with Crippen LogP contribution in [0.3, 0.4) is 0 Å². The number of amides is 1. The number of hydrogen-bond donors (Lipinski definition) is 3. The summed E-state index contributed by atoms with van der Waals surface area (Å²) in [6.45, 7) is 2.51. The SMILES string of the molecule is N#Cc1ccccc1Cn1cc(-c2nn([C@H]3C[C@@]4(CCNC4)C3)c(N)c2C(N)=O)cn1. The topological polar surface area (TPSA) is 141 Å². The second-order valence-corrected chi connectivity index (χ2v) is 8.60. The van der Waals surface area contributed by atoms with Gasteiger partial charge in [0.2, 0.25) is 0 Å². The molecule has 5 N–H and O–H groups in total. The highest BCUT2D eigenvalue weighted by atomic mass is 16.1. The summed E-state index contributed by atoms with van der Waals surface area (Å²) in [4.78, 5) is 12.2. The van der Waals surface area contributed by atoms with Crippen LogP contribution in [0.4, 0.5) is 5.82 Å². The van der Waals surface area contributed by atoms with Gasteiger partial charge < -0.3 is 16.8 Å². The molecule has 2 aromatic heterocycles. The molecule has 9 heteroatoms. The molecule has 1 amide bonds. The quantitative estimate of drug-likeness (QED) is 0.578. The highest BCUT2D eigenvalue weighted by molar-refractivity contribution is 6.03. The van der Waals surface area contributed by atoms with E-state index in [1.165, 1.54) is 0 Å². The minimum absolute atomic E-state index is 0.171. The first-order valence-electron chi connectivity index (χ1n) is 10.4. The predicted molar refractivity (Wildman–Crippen MR) is 115 cm³/mol. The molecule has 5 rings (SSSR count). The number of primary amides is 1. The fourth-order valence-corrected chi connectivity index (χ4v) is 4.94.